The first kappa shape index (κ1) is 13.6. The number of rotatable bonds is 1. The fraction of sp³-hybridized carbons (Fsp3) is 0.312. The minimum absolute atomic E-state index is 0.639. The molecule has 0 spiro atoms. The molecule has 0 aromatic heterocycles. The van der Waals surface area contributed by atoms with Crippen LogP contribution in [0.3, 0.4) is 0 Å². The molecule has 1 heterocycles. The number of carboxylic acids is 1. The smallest absolute Gasteiger partial charge is 0.323 e. The molecule has 0 bridgehead atoms. The van der Waals surface area contributed by atoms with Crippen LogP contribution >= 0.6 is 0 Å². The lowest BCUT2D eigenvalue weighted by Crippen LogP contribution is -2.44. The van der Waals surface area contributed by atoms with E-state index in [9.17, 15) is 4.79 Å². The molecule has 1 atom stereocenters. The average molecular weight is 257 g/mol. The predicted octanol–water partition coefficient (Wildman–Crippen LogP) is 3.05. The van der Waals surface area contributed by atoms with Gasteiger partial charge in [0.25, 0.3) is 0 Å². The van der Waals surface area contributed by atoms with E-state index < -0.39 is 11.5 Å². The number of nitrogens with one attached hydrogen (secondary N) is 1. The maximum atomic E-state index is 10.5. The van der Waals surface area contributed by atoms with E-state index in [1.165, 1.54) is 10.8 Å². The number of hydrogen-bond donors (Lipinski definition) is 2. The summed E-state index contributed by atoms with van der Waals surface area (Å²) >= 11 is 0. The van der Waals surface area contributed by atoms with E-state index in [2.05, 4.69) is 53.8 Å². The average Bonchev–Trinajstić information content (AvgIpc) is 2.88. The van der Waals surface area contributed by atoms with E-state index >= 15 is 0 Å². The molecule has 3 rings (SSSR count). The minimum atomic E-state index is -0.736. The number of benzene rings is 2. The van der Waals surface area contributed by atoms with Gasteiger partial charge in [0, 0.05) is 0 Å². The highest BCUT2D eigenvalue weighted by Gasteiger charge is 2.35. The predicted molar refractivity (Wildman–Crippen MR) is 77.2 cm³/mol. The number of carboxylic acid groups (broad SMARTS) is 1. The molecule has 0 saturated carbocycles. The SMILES string of the molecule is CC1(C(=O)O)CCCN1.c1ccc2ccccc2c1. The molecule has 0 aliphatic carbocycles. The summed E-state index contributed by atoms with van der Waals surface area (Å²) in [5, 5.41) is 14.2. The van der Waals surface area contributed by atoms with Gasteiger partial charge >= 0.3 is 5.97 Å². The molecule has 1 saturated heterocycles. The first-order valence-corrected chi connectivity index (χ1v) is 6.54. The van der Waals surface area contributed by atoms with Gasteiger partial charge in [-0.2, -0.15) is 0 Å². The van der Waals surface area contributed by atoms with Crippen LogP contribution in [-0.4, -0.2) is 23.2 Å². The van der Waals surface area contributed by atoms with Gasteiger partial charge in [0.15, 0.2) is 0 Å². The Morgan fingerprint density at radius 3 is 1.84 bits per heavy atom. The molecule has 2 N–H and O–H groups in total. The second kappa shape index (κ2) is 5.85. The molecule has 3 nitrogen and oxygen atoms in total. The molecule has 3 heteroatoms. The third-order valence-electron chi connectivity index (χ3n) is 3.50. The summed E-state index contributed by atoms with van der Waals surface area (Å²) in [6.45, 7) is 2.56. The molecular weight excluding hydrogens is 238 g/mol. The van der Waals surface area contributed by atoms with Crippen molar-refractivity contribution in [3.05, 3.63) is 48.5 Å². The quantitative estimate of drug-likeness (QED) is 0.825. The van der Waals surface area contributed by atoms with Gasteiger partial charge in [-0.1, -0.05) is 48.5 Å². The van der Waals surface area contributed by atoms with Gasteiger partial charge in [0.2, 0.25) is 0 Å². The van der Waals surface area contributed by atoms with Crippen molar-refractivity contribution < 1.29 is 9.90 Å². The molecule has 0 radical (unpaired) electrons. The fourth-order valence-electron chi connectivity index (χ4n) is 2.21. The van der Waals surface area contributed by atoms with Crippen LogP contribution in [0, 0.1) is 0 Å². The van der Waals surface area contributed by atoms with Crippen LogP contribution in [-0.2, 0) is 4.79 Å². The van der Waals surface area contributed by atoms with Crippen molar-refractivity contribution in [3.63, 3.8) is 0 Å². The van der Waals surface area contributed by atoms with Gasteiger partial charge in [-0.05, 0) is 37.1 Å². The van der Waals surface area contributed by atoms with Crippen LogP contribution in [0.5, 0.6) is 0 Å². The molecular formula is C16H19NO2. The van der Waals surface area contributed by atoms with Crippen LogP contribution in [0.25, 0.3) is 10.8 Å². The summed E-state index contributed by atoms with van der Waals surface area (Å²) in [4.78, 5) is 10.5. The van der Waals surface area contributed by atoms with Crippen LogP contribution in [0.1, 0.15) is 19.8 Å². The molecule has 0 amide bonds. The van der Waals surface area contributed by atoms with Crippen LogP contribution in [0.2, 0.25) is 0 Å². The number of fused-ring (bicyclic) bond motifs is 1. The van der Waals surface area contributed by atoms with E-state index in [4.69, 9.17) is 5.11 Å². The number of hydrogen-bond acceptors (Lipinski definition) is 2. The Kier molecular flexibility index (Phi) is 4.17. The van der Waals surface area contributed by atoms with Crippen LogP contribution in [0.4, 0.5) is 0 Å². The van der Waals surface area contributed by atoms with E-state index in [1.54, 1.807) is 6.92 Å². The summed E-state index contributed by atoms with van der Waals surface area (Å²) in [6, 6.07) is 16.7. The lowest BCUT2D eigenvalue weighted by atomic mass is 10.0. The Morgan fingerprint density at radius 1 is 1.11 bits per heavy atom. The van der Waals surface area contributed by atoms with Gasteiger partial charge in [0.1, 0.15) is 5.54 Å². The van der Waals surface area contributed by atoms with Crippen LogP contribution in [0.15, 0.2) is 48.5 Å². The molecule has 100 valence electrons. The Labute approximate surface area is 113 Å². The summed E-state index contributed by atoms with van der Waals surface area (Å²) in [6.07, 6.45) is 1.73. The third kappa shape index (κ3) is 3.32. The highest BCUT2D eigenvalue weighted by atomic mass is 16.4. The monoisotopic (exact) mass is 257 g/mol. The van der Waals surface area contributed by atoms with E-state index in [0.29, 0.717) is 0 Å². The fourth-order valence-corrected chi connectivity index (χ4v) is 2.21. The second-order valence-electron chi connectivity index (χ2n) is 5.01. The second-order valence-corrected chi connectivity index (χ2v) is 5.01. The summed E-state index contributed by atoms with van der Waals surface area (Å²) in [5.74, 6) is -0.736. The summed E-state index contributed by atoms with van der Waals surface area (Å²) < 4.78 is 0. The van der Waals surface area contributed by atoms with Gasteiger partial charge in [-0.3, -0.25) is 4.79 Å². The summed E-state index contributed by atoms with van der Waals surface area (Å²) in [5.41, 5.74) is -0.639. The maximum Gasteiger partial charge on any atom is 0.323 e. The summed E-state index contributed by atoms with van der Waals surface area (Å²) in [7, 11) is 0. The van der Waals surface area contributed by atoms with E-state index in [0.717, 1.165) is 19.4 Å². The van der Waals surface area contributed by atoms with Gasteiger partial charge in [-0.15, -0.1) is 0 Å². The first-order valence-electron chi connectivity index (χ1n) is 6.54. The largest absolute Gasteiger partial charge is 0.480 e. The zero-order chi connectivity index (χ0) is 13.7. The number of aliphatic carboxylic acids is 1. The highest BCUT2D eigenvalue weighted by Crippen LogP contribution is 2.17. The van der Waals surface area contributed by atoms with Crippen molar-refractivity contribution in [1.82, 2.24) is 5.32 Å². The normalized spacial score (nSPS) is 21.7. The molecule has 1 unspecified atom stereocenters. The standard InChI is InChI=1S/C10H8.C6H11NO2/c1-2-6-10-8-4-3-7-9(10)5-1;1-6(5(8)9)3-2-4-7-6/h1-8H;7H,2-4H2,1H3,(H,8,9). The third-order valence-corrected chi connectivity index (χ3v) is 3.50. The van der Waals surface area contributed by atoms with Crippen molar-refractivity contribution in [3.8, 4) is 0 Å². The van der Waals surface area contributed by atoms with E-state index in [1.807, 2.05) is 0 Å². The Bertz CT molecular complexity index is 494. The van der Waals surface area contributed by atoms with Crippen molar-refractivity contribution in [2.45, 2.75) is 25.3 Å². The molecule has 19 heavy (non-hydrogen) atoms. The Hall–Kier alpha value is -1.87. The first-order chi connectivity index (χ1) is 9.12. The van der Waals surface area contributed by atoms with Crippen molar-refractivity contribution in [2.24, 2.45) is 0 Å². The zero-order valence-corrected chi connectivity index (χ0v) is 11.1. The maximum absolute atomic E-state index is 10.5. The van der Waals surface area contributed by atoms with Gasteiger partial charge < -0.3 is 10.4 Å². The van der Waals surface area contributed by atoms with Gasteiger partial charge in [-0.25, -0.2) is 0 Å². The topological polar surface area (TPSA) is 49.3 Å². The van der Waals surface area contributed by atoms with E-state index in [-0.39, 0.29) is 0 Å². The van der Waals surface area contributed by atoms with Crippen molar-refractivity contribution >= 4 is 16.7 Å². The molecule has 1 aliphatic heterocycles. The Morgan fingerprint density at radius 2 is 1.58 bits per heavy atom. The molecule has 1 fully saturated rings. The van der Waals surface area contributed by atoms with Gasteiger partial charge in [0.05, 0.1) is 0 Å². The van der Waals surface area contributed by atoms with Crippen molar-refractivity contribution in [1.29, 1.82) is 0 Å². The minimum Gasteiger partial charge on any atom is -0.480 e. The zero-order valence-electron chi connectivity index (χ0n) is 11.1. The highest BCUT2D eigenvalue weighted by molar-refractivity contribution is 5.82. The lowest BCUT2D eigenvalue weighted by molar-refractivity contribution is -0.143. The molecule has 2 aromatic carbocycles. The Balaban J connectivity index is 0.000000141. The van der Waals surface area contributed by atoms with Crippen LogP contribution < -0.4 is 5.32 Å². The lowest BCUT2D eigenvalue weighted by Gasteiger charge is -2.16. The number of carbonyl (C=O) groups is 1. The van der Waals surface area contributed by atoms with Crippen molar-refractivity contribution in [2.75, 3.05) is 6.54 Å². The molecule has 2 aromatic rings. The molecule has 1 aliphatic rings.